The average molecular weight is 229 g/mol. The minimum Gasteiger partial charge on any atom is -0.313 e. The van der Waals surface area contributed by atoms with Gasteiger partial charge in [-0.1, -0.05) is 18.2 Å². The largest absolute Gasteiger partial charge is 0.313 e. The Labute approximate surface area is 100 Å². The summed E-state index contributed by atoms with van der Waals surface area (Å²) in [6, 6.07) is 8.53. The molecule has 0 amide bonds. The normalized spacial score (nSPS) is 10.4. The first-order chi connectivity index (χ1) is 7.92. The lowest BCUT2D eigenvalue weighted by atomic mass is 10.2. The topological polar surface area (TPSA) is 12.0 Å². The van der Waals surface area contributed by atoms with Gasteiger partial charge in [0.05, 0.1) is 0 Å². The number of unbranched alkanes of at least 4 members (excludes halogenated alkanes) is 1. The number of nitrogens with one attached hydrogen (secondary N) is 1. The van der Waals surface area contributed by atoms with Crippen LogP contribution in [-0.4, -0.2) is 6.54 Å². The minimum atomic E-state index is 0.859. The summed E-state index contributed by atoms with van der Waals surface area (Å²) in [5.41, 5.74) is 1.39. The summed E-state index contributed by atoms with van der Waals surface area (Å²) >= 11 is 1.81. The highest BCUT2D eigenvalue weighted by atomic mass is 32.1. The molecule has 0 aliphatic heterocycles. The van der Waals surface area contributed by atoms with E-state index in [2.05, 4.69) is 40.9 Å². The smallest absolute Gasteiger partial charge is 0.0346 e. The summed E-state index contributed by atoms with van der Waals surface area (Å²) in [6.45, 7) is 1.93. The van der Waals surface area contributed by atoms with Crippen LogP contribution in [-0.2, 0) is 6.54 Å². The number of rotatable bonds is 5. The van der Waals surface area contributed by atoms with Crippen molar-refractivity contribution in [1.29, 1.82) is 0 Å². The van der Waals surface area contributed by atoms with Crippen molar-refractivity contribution in [2.45, 2.75) is 19.4 Å². The first kappa shape index (κ1) is 11.2. The average Bonchev–Trinajstić information content (AvgIpc) is 2.73. The first-order valence-electron chi connectivity index (χ1n) is 5.51. The van der Waals surface area contributed by atoms with E-state index in [1.807, 2.05) is 11.3 Å². The molecule has 82 valence electrons. The van der Waals surface area contributed by atoms with E-state index in [4.69, 9.17) is 6.42 Å². The fourth-order valence-electron chi connectivity index (χ4n) is 1.71. The lowest BCUT2D eigenvalue weighted by Crippen LogP contribution is -2.14. The van der Waals surface area contributed by atoms with Gasteiger partial charge in [0.25, 0.3) is 0 Å². The van der Waals surface area contributed by atoms with Gasteiger partial charge in [-0.15, -0.1) is 23.7 Å². The molecule has 2 heteroatoms. The summed E-state index contributed by atoms with van der Waals surface area (Å²) in [6.07, 6.45) is 7.12. The van der Waals surface area contributed by atoms with Gasteiger partial charge in [-0.05, 0) is 35.4 Å². The van der Waals surface area contributed by atoms with Crippen LogP contribution < -0.4 is 5.32 Å². The molecule has 1 heterocycles. The maximum Gasteiger partial charge on any atom is 0.0346 e. The highest BCUT2D eigenvalue weighted by molar-refractivity contribution is 7.17. The molecule has 0 spiro atoms. The Balaban J connectivity index is 1.92. The van der Waals surface area contributed by atoms with Crippen molar-refractivity contribution < 1.29 is 0 Å². The third-order valence-electron chi connectivity index (χ3n) is 2.55. The molecule has 1 aromatic carbocycles. The van der Waals surface area contributed by atoms with Crippen molar-refractivity contribution >= 4 is 21.4 Å². The van der Waals surface area contributed by atoms with Gasteiger partial charge in [0.15, 0.2) is 0 Å². The number of terminal acetylenes is 1. The second-order valence-electron chi connectivity index (χ2n) is 3.74. The quantitative estimate of drug-likeness (QED) is 0.612. The van der Waals surface area contributed by atoms with Crippen molar-refractivity contribution in [1.82, 2.24) is 5.32 Å². The van der Waals surface area contributed by atoms with Crippen LogP contribution in [0.5, 0.6) is 0 Å². The maximum atomic E-state index is 5.20. The Hall–Kier alpha value is -1.30. The molecule has 0 bridgehead atoms. The molecule has 1 nitrogen and oxygen atoms in total. The molecule has 0 aliphatic rings. The Morgan fingerprint density at radius 3 is 3.06 bits per heavy atom. The maximum absolute atomic E-state index is 5.20. The molecule has 2 rings (SSSR count). The highest BCUT2D eigenvalue weighted by Gasteiger charge is 2.01. The minimum absolute atomic E-state index is 0.859. The van der Waals surface area contributed by atoms with Gasteiger partial charge >= 0.3 is 0 Å². The number of benzene rings is 1. The van der Waals surface area contributed by atoms with E-state index in [0.29, 0.717) is 0 Å². The summed E-state index contributed by atoms with van der Waals surface area (Å²) < 4.78 is 1.36. The van der Waals surface area contributed by atoms with Gasteiger partial charge in [0.2, 0.25) is 0 Å². The molecular weight excluding hydrogens is 214 g/mol. The fourth-order valence-corrected chi connectivity index (χ4v) is 2.67. The number of hydrogen-bond donors (Lipinski definition) is 1. The molecule has 1 N–H and O–H groups in total. The van der Waals surface area contributed by atoms with E-state index in [1.54, 1.807) is 0 Å². The molecule has 0 saturated carbocycles. The number of fused-ring (bicyclic) bond motifs is 1. The van der Waals surface area contributed by atoms with Crippen LogP contribution in [0.15, 0.2) is 29.6 Å². The summed E-state index contributed by atoms with van der Waals surface area (Å²) in [4.78, 5) is 0. The molecule has 2 aromatic rings. The molecule has 16 heavy (non-hydrogen) atoms. The summed E-state index contributed by atoms with van der Waals surface area (Å²) in [5.74, 6) is 2.65. The van der Waals surface area contributed by atoms with E-state index < -0.39 is 0 Å². The zero-order valence-electron chi connectivity index (χ0n) is 9.20. The summed E-state index contributed by atoms with van der Waals surface area (Å²) in [7, 11) is 0. The van der Waals surface area contributed by atoms with E-state index >= 15 is 0 Å². The third-order valence-corrected chi connectivity index (χ3v) is 3.56. The van der Waals surface area contributed by atoms with Crippen molar-refractivity contribution in [2.24, 2.45) is 0 Å². The van der Waals surface area contributed by atoms with Crippen LogP contribution in [0, 0.1) is 12.3 Å². The van der Waals surface area contributed by atoms with Crippen molar-refractivity contribution in [3.8, 4) is 12.3 Å². The monoisotopic (exact) mass is 229 g/mol. The van der Waals surface area contributed by atoms with Crippen molar-refractivity contribution in [2.75, 3.05) is 6.54 Å². The molecule has 0 aliphatic carbocycles. The van der Waals surface area contributed by atoms with Gasteiger partial charge in [-0.2, -0.15) is 0 Å². The van der Waals surface area contributed by atoms with Crippen LogP contribution in [0.3, 0.4) is 0 Å². The molecule has 1 aromatic heterocycles. The van der Waals surface area contributed by atoms with E-state index in [-0.39, 0.29) is 0 Å². The Bertz CT molecular complexity index is 493. The van der Waals surface area contributed by atoms with E-state index in [0.717, 1.165) is 25.9 Å². The fraction of sp³-hybridized carbons (Fsp3) is 0.286. The SMILES string of the molecule is C#CCCCNCc1csc2ccccc12. The Morgan fingerprint density at radius 1 is 1.31 bits per heavy atom. The van der Waals surface area contributed by atoms with Crippen LogP contribution in [0.2, 0.25) is 0 Å². The molecule has 0 unspecified atom stereocenters. The molecular formula is C14H15NS. The number of thiophene rings is 1. The molecule has 0 atom stereocenters. The van der Waals surface area contributed by atoms with Crippen molar-refractivity contribution in [3.05, 3.63) is 35.2 Å². The number of hydrogen-bond acceptors (Lipinski definition) is 2. The van der Waals surface area contributed by atoms with Crippen LogP contribution in [0.1, 0.15) is 18.4 Å². The van der Waals surface area contributed by atoms with Gasteiger partial charge in [0, 0.05) is 17.7 Å². The van der Waals surface area contributed by atoms with E-state index in [1.165, 1.54) is 15.6 Å². The first-order valence-corrected chi connectivity index (χ1v) is 6.39. The predicted octanol–water partition coefficient (Wildman–Crippen LogP) is 3.40. The van der Waals surface area contributed by atoms with Crippen LogP contribution in [0.4, 0.5) is 0 Å². The van der Waals surface area contributed by atoms with E-state index in [9.17, 15) is 0 Å². The second-order valence-corrected chi connectivity index (χ2v) is 4.65. The van der Waals surface area contributed by atoms with Crippen LogP contribution in [0.25, 0.3) is 10.1 Å². The lowest BCUT2D eigenvalue weighted by molar-refractivity contribution is 0.662. The Kier molecular flexibility index (Phi) is 3.98. The van der Waals surface area contributed by atoms with Gasteiger partial charge in [-0.25, -0.2) is 0 Å². The van der Waals surface area contributed by atoms with Gasteiger partial charge in [-0.3, -0.25) is 0 Å². The van der Waals surface area contributed by atoms with Gasteiger partial charge in [0.1, 0.15) is 0 Å². The zero-order chi connectivity index (χ0) is 11.2. The summed E-state index contributed by atoms with van der Waals surface area (Å²) in [5, 5.41) is 7.03. The zero-order valence-corrected chi connectivity index (χ0v) is 10.0. The second kappa shape index (κ2) is 5.69. The molecule has 0 radical (unpaired) electrons. The standard InChI is InChI=1S/C14H15NS/c1-2-3-6-9-15-10-12-11-16-14-8-5-4-7-13(12)14/h1,4-5,7-8,11,15H,3,6,9-10H2. The third kappa shape index (κ3) is 2.63. The van der Waals surface area contributed by atoms with Crippen molar-refractivity contribution in [3.63, 3.8) is 0 Å². The lowest BCUT2D eigenvalue weighted by Gasteiger charge is -2.02. The predicted molar refractivity (Wildman–Crippen MR) is 71.6 cm³/mol. The highest BCUT2D eigenvalue weighted by Crippen LogP contribution is 2.25. The van der Waals surface area contributed by atoms with Crippen LogP contribution >= 0.6 is 11.3 Å². The van der Waals surface area contributed by atoms with Gasteiger partial charge < -0.3 is 5.32 Å². The molecule has 0 fully saturated rings. The Morgan fingerprint density at radius 2 is 2.19 bits per heavy atom. The molecule has 0 saturated heterocycles.